The summed E-state index contributed by atoms with van der Waals surface area (Å²) in [6.07, 6.45) is 2.81. The number of ether oxygens (including phenoxy) is 1. The Balaban J connectivity index is 1.61. The molecule has 0 saturated carbocycles. The Morgan fingerprint density at radius 1 is 1.11 bits per heavy atom. The van der Waals surface area contributed by atoms with Crippen molar-refractivity contribution in [2.24, 2.45) is 0 Å². The van der Waals surface area contributed by atoms with Gasteiger partial charge in [0, 0.05) is 31.2 Å². The van der Waals surface area contributed by atoms with Gasteiger partial charge in [-0.2, -0.15) is 0 Å². The molecule has 0 radical (unpaired) electrons. The summed E-state index contributed by atoms with van der Waals surface area (Å²) < 4.78 is 7.09. The first-order valence-corrected chi connectivity index (χ1v) is 9.23. The van der Waals surface area contributed by atoms with Crippen LogP contribution >= 0.6 is 0 Å². The number of benzene rings is 2. The summed E-state index contributed by atoms with van der Waals surface area (Å²) in [5.41, 5.74) is 3.53. The van der Waals surface area contributed by atoms with E-state index >= 15 is 0 Å². The van der Waals surface area contributed by atoms with Gasteiger partial charge in [0.15, 0.2) is 5.69 Å². The monoisotopic (exact) mass is 361 g/mol. The molecule has 0 bridgehead atoms. The van der Waals surface area contributed by atoms with E-state index < -0.39 is 5.97 Å². The molecule has 1 aromatic heterocycles. The fraction of sp³-hybridized carbons (Fsp3) is 0.273. The molecule has 3 aromatic rings. The number of nitrogens with zero attached hydrogens (tertiary/aromatic N) is 3. The Morgan fingerprint density at radius 3 is 2.52 bits per heavy atom. The quantitative estimate of drug-likeness (QED) is 0.649. The molecule has 2 aromatic carbocycles. The lowest BCUT2D eigenvalue weighted by molar-refractivity contribution is 0.0595. The molecular formula is C22H23N3O2. The first-order valence-electron chi connectivity index (χ1n) is 9.23. The van der Waals surface area contributed by atoms with Crippen molar-refractivity contribution in [3.05, 3.63) is 78.2 Å². The van der Waals surface area contributed by atoms with Gasteiger partial charge in [-0.25, -0.2) is 9.78 Å². The van der Waals surface area contributed by atoms with Gasteiger partial charge in [-0.1, -0.05) is 60.7 Å². The van der Waals surface area contributed by atoms with Crippen molar-refractivity contribution in [1.82, 2.24) is 14.5 Å². The Labute approximate surface area is 159 Å². The summed E-state index contributed by atoms with van der Waals surface area (Å²) in [6, 6.07) is 20.8. The van der Waals surface area contributed by atoms with Gasteiger partial charge >= 0.3 is 5.97 Å². The number of likely N-dealkylation sites (tertiary alicyclic amines) is 1. The molecule has 5 nitrogen and oxygen atoms in total. The van der Waals surface area contributed by atoms with Gasteiger partial charge in [0.05, 0.1) is 19.1 Å². The van der Waals surface area contributed by atoms with Gasteiger partial charge in [-0.05, 0) is 12.0 Å². The van der Waals surface area contributed by atoms with E-state index in [1.54, 1.807) is 6.33 Å². The highest BCUT2D eigenvalue weighted by atomic mass is 16.5. The average molecular weight is 361 g/mol. The van der Waals surface area contributed by atoms with Gasteiger partial charge in [0.1, 0.15) is 0 Å². The summed E-state index contributed by atoms with van der Waals surface area (Å²) in [5, 5.41) is 0. The summed E-state index contributed by atoms with van der Waals surface area (Å²) in [4.78, 5) is 19.1. The third kappa shape index (κ3) is 3.64. The number of aromatic nitrogens is 2. The predicted molar refractivity (Wildman–Crippen MR) is 104 cm³/mol. The minimum Gasteiger partial charge on any atom is -0.464 e. The van der Waals surface area contributed by atoms with E-state index in [0.717, 1.165) is 37.3 Å². The van der Waals surface area contributed by atoms with Gasteiger partial charge in [0.25, 0.3) is 0 Å². The standard InChI is InChI=1S/C22H23N3O2/c1-27-22(26)20-21(18-10-6-3-7-11-18)25(16-23-20)19-12-13-24(15-19)14-17-8-4-2-5-9-17/h2-11,16,19H,12-15H2,1H3/t19-/m1/s1. The fourth-order valence-electron chi connectivity index (χ4n) is 3.79. The fourth-order valence-corrected chi connectivity index (χ4v) is 3.79. The minimum atomic E-state index is -0.397. The molecule has 0 unspecified atom stereocenters. The Morgan fingerprint density at radius 2 is 1.81 bits per heavy atom. The number of esters is 1. The Kier molecular flexibility index (Phi) is 5.03. The second-order valence-electron chi connectivity index (χ2n) is 6.87. The van der Waals surface area contributed by atoms with Gasteiger partial charge in [0.2, 0.25) is 0 Å². The Bertz CT molecular complexity index is 906. The number of hydrogen-bond donors (Lipinski definition) is 0. The third-order valence-electron chi connectivity index (χ3n) is 5.11. The van der Waals surface area contributed by atoms with Gasteiger partial charge in [-0.3, -0.25) is 4.90 Å². The molecule has 1 saturated heterocycles. The van der Waals surface area contributed by atoms with Crippen LogP contribution in [0.1, 0.15) is 28.5 Å². The van der Waals surface area contributed by atoms with Crippen LogP contribution in [0.25, 0.3) is 11.3 Å². The molecule has 1 aliphatic heterocycles. The summed E-state index contributed by atoms with van der Waals surface area (Å²) in [6.45, 7) is 2.90. The van der Waals surface area contributed by atoms with Crippen molar-refractivity contribution in [3.63, 3.8) is 0 Å². The van der Waals surface area contributed by atoms with E-state index in [0.29, 0.717) is 5.69 Å². The lowest BCUT2D eigenvalue weighted by Crippen LogP contribution is -2.21. The molecule has 0 amide bonds. The van der Waals surface area contributed by atoms with Crippen LogP contribution in [-0.2, 0) is 11.3 Å². The molecule has 0 aliphatic carbocycles. The van der Waals surface area contributed by atoms with Crippen LogP contribution in [0, 0.1) is 0 Å². The van der Waals surface area contributed by atoms with Crippen LogP contribution in [0.5, 0.6) is 0 Å². The van der Waals surface area contributed by atoms with Crippen LogP contribution in [0.15, 0.2) is 67.0 Å². The molecule has 1 atom stereocenters. The Hall–Kier alpha value is -2.92. The number of methoxy groups -OCH3 is 1. The van der Waals surface area contributed by atoms with Crippen molar-refractivity contribution in [3.8, 4) is 11.3 Å². The summed E-state index contributed by atoms with van der Waals surface area (Å²) in [5.74, 6) is -0.397. The van der Waals surface area contributed by atoms with E-state index in [9.17, 15) is 4.79 Å². The van der Waals surface area contributed by atoms with Crippen LogP contribution in [0.3, 0.4) is 0 Å². The highest BCUT2D eigenvalue weighted by Gasteiger charge is 2.29. The number of imidazole rings is 1. The molecular weight excluding hydrogens is 338 g/mol. The molecule has 0 N–H and O–H groups in total. The lowest BCUT2D eigenvalue weighted by Gasteiger charge is -2.19. The largest absolute Gasteiger partial charge is 0.464 e. The second kappa shape index (κ2) is 7.76. The van der Waals surface area contributed by atoms with Crippen molar-refractivity contribution in [2.75, 3.05) is 20.2 Å². The zero-order valence-electron chi connectivity index (χ0n) is 15.4. The maximum Gasteiger partial charge on any atom is 0.358 e. The molecule has 1 aliphatic rings. The van der Waals surface area contributed by atoms with E-state index in [2.05, 4.69) is 38.7 Å². The second-order valence-corrected chi connectivity index (χ2v) is 6.87. The summed E-state index contributed by atoms with van der Waals surface area (Å²) >= 11 is 0. The van der Waals surface area contributed by atoms with Crippen molar-refractivity contribution in [2.45, 2.75) is 19.0 Å². The molecule has 2 heterocycles. The van der Waals surface area contributed by atoms with Gasteiger partial charge in [-0.15, -0.1) is 0 Å². The average Bonchev–Trinajstić information content (AvgIpc) is 3.35. The molecule has 138 valence electrons. The highest BCUT2D eigenvalue weighted by Crippen LogP contribution is 2.31. The normalized spacial score (nSPS) is 17.1. The number of carbonyl (C=O) groups excluding carboxylic acids is 1. The van der Waals surface area contributed by atoms with Crippen LogP contribution in [-0.4, -0.2) is 40.6 Å². The number of rotatable bonds is 5. The molecule has 5 heteroatoms. The topological polar surface area (TPSA) is 47.4 Å². The zero-order chi connectivity index (χ0) is 18.6. The van der Waals surface area contributed by atoms with Crippen molar-refractivity contribution < 1.29 is 9.53 Å². The summed E-state index contributed by atoms with van der Waals surface area (Å²) in [7, 11) is 1.40. The van der Waals surface area contributed by atoms with E-state index in [1.807, 2.05) is 36.4 Å². The van der Waals surface area contributed by atoms with Gasteiger partial charge < -0.3 is 9.30 Å². The van der Waals surface area contributed by atoms with Crippen LogP contribution < -0.4 is 0 Å². The van der Waals surface area contributed by atoms with E-state index in [-0.39, 0.29) is 6.04 Å². The molecule has 0 spiro atoms. The van der Waals surface area contributed by atoms with Crippen LogP contribution in [0.4, 0.5) is 0 Å². The molecule has 4 rings (SSSR count). The number of hydrogen-bond acceptors (Lipinski definition) is 4. The first kappa shape index (κ1) is 17.5. The predicted octanol–water partition coefficient (Wildman–Crippen LogP) is 3.78. The smallest absolute Gasteiger partial charge is 0.358 e. The SMILES string of the molecule is COC(=O)c1ncn([C@@H]2CCN(Cc3ccccc3)C2)c1-c1ccccc1. The van der Waals surface area contributed by atoms with Crippen molar-refractivity contribution in [1.29, 1.82) is 0 Å². The highest BCUT2D eigenvalue weighted by molar-refractivity contribution is 5.94. The molecule has 1 fully saturated rings. The first-order chi connectivity index (χ1) is 13.3. The zero-order valence-corrected chi connectivity index (χ0v) is 15.4. The lowest BCUT2D eigenvalue weighted by atomic mass is 10.1. The maximum absolute atomic E-state index is 12.2. The molecule has 27 heavy (non-hydrogen) atoms. The van der Waals surface area contributed by atoms with E-state index in [4.69, 9.17) is 4.74 Å². The number of carbonyl (C=O) groups is 1. The van der Waals surface area contributed by atoms with Crippen LogP contribution in [0.2, 0.25) is 0 Å². The third-order valence-corrected chi connectivity index (χ3v) is 5.11. The van der Waals surface area contributed by atoms with Crippen molar-refractivity contribution >= 4 is 5.97 Å². The minimum absolute atomic E-state index is 0.287. The van der Waals surface area contributed by atoms with E-state index in [1.165, 1.54) is 12.7 Å². The maximum atomic E-state index is 12.2.